The summed E-state index contributed by atoms with van der Waals surface area (Å²) in [7, 11) is 0. The van der Waals surface area contributed by atoms with Gasteiger partial charge in [-0.2, -0.15) is 0 Å². The zero-order chi connectivity index (χ0) is 13.2. The maximum atomic E-state index is 10.3. The molecule has 0 bridgehead atoms. The normalized spacial score (nSPS) is 10.1. The van der Waals surface area contributed by atoms with E-state index in [1.807, 2.05) is 32.0 Å². The van der Waals surface area contributed by atoms with Crippen molar-refractivity contribution in [3.8, 4) is 11.5 Å². The first-order chi connectivity index (χ1) is 8.81. The monoisotopic (exact) mass is 252 g/mol. The van der Waals surface area contributed by atoms with Crippen molar-refractivity contribution < 1.29 is 19.0 Å². The number of aldehydes is 1. The quantitative estimate of drug-likeness (QED) is 0.499. The fraction of sp³-hybridized carbons (Fsp3) is 0.500. The third-order valence-electron chi connectivity index (χ3n) is 2.35. The van der Waals surface area contributed by atoms with E-state index in [9.17, 15) is 4.79 Å². The summed E-state index contributed by atoms with van der Waals surface area (Å²) in [5.74, 6) is 1.28. The van der Waals surface area contributed by atoms with E-state index in [2.05, 4.69) is 0 Å². The summed E-state index contributed by atoms with van der Waals surface area (Å²) in [6.45, 7) is 5.90. The highest BCUT2D eigenvalue weighted by atomic mass is 16.5. The molecule has 0 amide bonds. The third kappa shape index (κ3) is 4.75. The lowest BCUT2D eigenvalue weighted by molar-refractivity contribution is -0.109. The molecule has 0 aliphatic heterocycles. The molecule has 100 valence electrons. The van der Waals surface area contributed by atoms with Gasteiger partial charge in [0, 0.05) is 6.61 Å². The Morgan fingerprint density at radius 1 is 1.11 bits per heavy atom. The second-order valence-electron chi connectivity index (χ2n) is 3.64. The molecule has 0 radical (unpaired) electrons. The highest BCUT2D eigenvalue weighted by molar-refractivity contribution is 5.52. The Kier molecular flexibility index (Phi) is 6.87. The molecule has 0 saturated carbocycles. The predicted octanol–water partition coefficient (Wildman–Crippen LogP) is 2.24. The van der Waals surface area contributed by atoms with Crippen LogP contribution >= 0.6 is 0 Å². The summed E-state index contributed by atoms with van der Waals surface area (Å²) < 4.78 is 16.1. The van der Waals surface area contributed by atoms with Crippen LogP contribution in [0.15, 0.2) is 18.2 Å². The van der Waals surface area contributed by atoms with E-state index in [0.717, 1.165) is 24.9 Å². The molecule has 4 heteroatoms. The summed E-state index contributed by atoms with van der Waals surface area (Å²) in [6, 6.07) is 5.72. The zero-order valence-electron chi connectivity index (χ0n) is 11.0. The van der Waals surface area contributed by atoms with Gasteiger partial charge in [0.1, 0.15) is 6.61 Å². The lowest BCUT2D eigenvalue weighted by Crippen LogP contribution is -2.03. The van der Waals surface area contributed by atoms with Gasteiger partial charge in [-0.05, 0) is 38.0 Å². The van der Waals surface area contributed by atoms with Crippen LogP contribution in [0.2, 0.25) is 0 Å². The van der Waals surface area contributed by atoms with Crippen molar-refractivity contribution in [2.45, 2.75) is 20.3 Å². The molecular formula is C14H20O4. The van der Waals surface area contributed by atoms with E-state index in [0.29, 0.717) is 24.7 Å². The second-order valence-corrected chi connectivity index (χ2v) is 3.64. The zero-order valence-corrected chi connectivity index (χ0v) is 11.0. The van der Waals surface area contributed by atoms with Crippen molar-refractivity contribution in [2.75, 3.05) is 26.4 Å². The summed E-state index contributed by atoms with van der Waals surface area (Å²) in [6.07, 6.45) is 1.56. The van der Waals surface area contributed by atoms with Gasteiger partial charge in [0.2, 0.25) is 0 Å². The van der Waals surface area contributed by atoms with Gasteiger partial charge in [-0.15, -0.1) is 0 Å². The van der Waals surface area contributed by atoms with Crippen LogP contribution in [0.1, 0.15) is 19.4 Å². The van der Waals surface area contributed by atoms with Gasteiger partial charge >= 0.3 is 0 Å². The first-order valence-corrected chi connectivity index (χ1v) is 6.21. The van der Waals surface area contributed by atoms with Gasteiger partial charge in [-0.1, -0.05) is 6.07 Å². The SMILES string of the molecule is CCOCCc1ccc(OCC=O)c(OCC)c1. The van der Waals surface area contributed by atoms with Crippen LogP contribution in [-0.4, -0.2) is 32.7 Å². The van der Waals surface area contributed by atoms with Crippen LogP contribution < -0.4 is 9.47 Å². The van der Waals surface area contributed by atoms with E-state index in [1.165, 1.54) is 0 Å². The fourth-order valence-corrected chi connectivity index (χ4v) is 1.55. The predicted molar refractivity (Wildman–Crippen MR) is 69.4 cm³/mol. The van der Waals surface area contributed by atoms with Crippen molar-refractivity contribution in [2.24, 2.45) is 0 Å². The number of benzene rings is 1. The lowest BCUT2D eigenvalue weighted by atomic mass is 10.1. The smallest absolute Gasteiger partial charge is 0.161 e. The van der Waals surface area contributed by atoms with Gasteiger partial charge in [0.25, 0.3) is 0 Å². The highest BCUT2D eigenvalue weighted by Gasteiger charge is 2.06. The number of carbonyl (C=O) groups is 1. The molecule has 0 spiro atoms. The largest absolute Gasteiger partial charge is 0.490 e. The average Bonchev–Trinajstić information content (AvgIpc) is 2.38. The van der Waals surface area contributed by atoms with E-state index >= 15 is 0 Å². The van der Waals surface area contributed by atoms with Crippen molar-refractivity contribution in [3.05, 3.63) is 23.8 Å². The van der Waals surface area contributed by atoms with Gasteiger partial charge in [0.05, 0.1) is 13.2 Å². The Balaban J connectivity index is 2.71. The molecule has 0 aromatic heterocycles. The van der Waals surface area contributed by atoms with E-state index in [4.69, 9.17) is 14.2 Å². The van der Waals surface area contributed by atoms with Crippen molar-refractivity contribution in [1.29, 1.82) is 0 Å². The van der Waals surface area contributed by atoms with Crippen molar-refractivity contribution >= 4 is 6.29 Å². The number of hydrogen-bond donors (Lipinski definition) is 0. The Bertz CT molecular complexity index is 363. The molecule has 1 aromatic rings. The Morgan fingerprint density at radius 3 is 2.61 bits per heavy atom. The van der Waals surface area contributed by atoms with Crippen LogP contribution in [0.5, 0.6) is 11.5 Å². The number of rotatable bonds is 9. The minimum Gasteiger partial charge on any atom is -0.490 e. The standard InChI is InChI=1S/C14H20O4/c1-3-16-9-7-12-5-6-13(18-10-8-15)14(11-12)17-4-2/h5-6,8,11H,3-4,7,9-10H2,1-2H3. The van der Waals surface area contributed by atoms with Crippen LogP contribution in [0.4, 0.5) is 0 Å². The van der Waals surface area contributed by atoms with Crippen molar-refractivity contribution in [1.82, 2.24) is 0 Å². The van der Waals surface area contributed by atoms with E-state index in [1.54, 1.807) is 0 Å². The molecule has 1 rings (SSSR count). The Morgan fingerprint density at radius 2 is 1.94 bits per heavy atom. The number of hydrogen-bond acceptors (Lipinski definition) is 4. The fourth-order valence-electron chi connectivity index (χ4n) is 1.55. The molecule has 4 nitrogen and oxygen atoms in total. The Hall–Kier alpha value is -1.55. The molecule has 0 aliphatic carbocycles. The maximum absolute atomic E-state index is 10.3. The molecular weight excluding hydrogens is 232 g/mol. The van der Waals surface area contributed by atoms with Gasteiger partial charge < -0.3 is 14.2 Å². The van der Waals surface area contributed by atoms with Crippen LogP contribution in [0.3, 0.4) is 0 Å². The highest BCUT2D eigenvalue weighted by Crippen LogP contribution is 2.28. The first kappa shape index (κ1) is 14.5. The second kappa shape index (κ2) is 8.53. The molecule has 1 aromatic carbocycles. The van der Waals surface area contributed by atoms with Crippen LogP contribution in [-0.2, 0) is 16.0 Å². The van der Waals surface area contributed by atoms with Crippen molar-refractivity contribution in [3.63, 3.8) is 0 Å². The molecule has 0 aliphatic rings. The van der Waals surface area contributed by atoms with Gasteiger partial charge in [0.15, 0.2) is 17.8 Å². The topological polar surface area (TPSA) is 44.8 Å². The van der Waals surface area contributed by atoms with E-state index < -0.39 is 0 Å². The summed E-state index contributed by atoms with van der Waals surface area (Å²) in [5, 5.41) is 0. The molecule has 0 N–H and O–H groups in total. The average molecular weight is 252 g/mol. The maximum Gasteiger partial charge on any atom is 0.161 e. The minimum absolute atomic E-state index is 0.0400. The third-order valence-corrected chi connectivity index (χ3v) is 2.35. The Labute approximate surface area is 108 Å². The summed E-state index contributed by atoms with van der Waals surface area (Å²) in [4.78, 5) is 10.3. The minimum atomic E-state index is 0.0400. The molecule has 0 atom stereocenters. The molecule has 0 fully saturated rings. The van der Waals surface area contributed by atoms with Crippen LogP contribution in [0.25, 0.3) is 0 Å². The summed E-state index contributed by atoms with van der Waals surface area (Å²) in [5.41, 5.74) is 1.13. The van der Waals surface area contributed by atoms with Crippen LogP contribution in [0, 0.1) is 0 Å². The molecule has 0 heterocycles. The number of ether oxygens (including phenoxy) is 3. The van der Waals surface area contributed by atoms with Gasteiger partial charge in [-0.25, -0.2) is 0 Å². The lowest BCUT2D eigenvalue weighted by Gasteiger charge is -2.12. The van der Waals surface area contributed by atoms with E-state index in [-0.39, 0.29) is 6.61 Å². The molecule has 0 unspecified atom stereocenters. The van der Waals surface area contributed by atoms with Gasteiger partial charge in [-0.3, -0.25) is 4.79 Å². The molecule has 18 heavy (non-hydrogen) atoms. The first-order valence-electron chi connectivity index (χ1n) is 6.21. The number of carbonyl (C=O) groups excluding carboxylic acids is 1. The summed E-state index contributed by atoms with van der Waals surface area (Å²) >= 11 is 0. The molecule has 0 saturated heterocycles.